The third kappa shape index (κ3) is 5.90. The maximum Gasteiger partial charge on any atom is 0.266 e. The molecule has 0 aliphatic heterocycles. The van der Waals surface area contributed by atoms with E-state index >= 15 is 0 Å². The normalized spacial score (nSPS) is 12.4. The van der Waals surface area contributed by atoms with Gasteiger partial charge in [0.05, 0.1) is 29.2 Å². The van der Waals surface area contributed by atoms with Crippen LogP contribution in [0.25, 0.3) is 16.6 Å². The van der Waals surface area contributed by atoms with Crippen molar-refractivity contribution in [3.8, 4) is 11.4 Å². The van der Waals surface area contributed by atoms with E-state index in [-0.39, 0.29) is 16.9 Å². The van der Waals surface area contributed by atoms with Gasteiger partial charge in [-0.1, -0.05) is 70.5 Å². The molecule has 1 heterocycles. The van der Waals surface area contributed by atoms with E-state index < -0.39 is 6.04 Å². The second-order valence-electron chi connectivity index (χ2n) is 10.9. The molecule has 1 atom stereocenters. The molecule has 0 bridgehead atoms. The molecule has 0 aliphatic rings. The van der Waals surface area contributed by atoms with E-state index in [4.69, 9.17) is 9.72 Å². The predicted octanol–water partition coefficient (Wildman–Crippen LogP) is 7.09. The molecule has 0 radical (unpaired) electrons. The Morgan fingerprint density at radius 3 is 2.31 bits per heavy atom. The van der Waals surface area contributed by atoms with Gasteiger partial charge in [-0.15, -0.1) is 0 Å². The van der Waals surface area contributed by atoms with Crippen molar-refractivity contribution in [1.82, 2.24) is 14.5 Å². The van der Waals surface area contributed by atoms with Gasteiger partial charge in [0.15, 0.2) is 0 Å². The number of unbranched alkanes of at least 4 members (excludes halogenated alkanes) is 1. The average molecular weight is 526 g/mol. The number of ether oxygens (including phenoxy) is 1. The summed E-state index contributed by atoms with van der Waals surface area (Å²) in [5.41, 5.74) is 2.82. The maximum atomic E-state index is 14.0. The standard InChI is InChI=1S/C33H39N3O3/c1-7-9-22-35(31(37)24-18-20-25(21-19-24)33(4,5)6)23(3)30-34-27-15-11-10-14-26(27)32(38)36(30)28-16-12-13-17-29(28)39-8-2/h10-21,23H,7-9,22H2,1-6H3. The number of para-hydroxylation sites is 3. The molecule has 1 amide bonds. The molecule has 4 rings (SSSR count). The molecule has 1 unspecified atom stereocenters. The lowest BCUT2D eigenvalue weighted by Gasteiger charge is -2.31. The lowest BCUT2D eigenvalue weighted by molar-refractivity contribution is 0.0678. The first-order chi connectivity index (χ1) is 18.7. The molecule has 0 aliphatic carbocycles. The topological polar surface area (TPSA) is 64.4 Å². The van der Waals surface area contributed by atoms with E-state index in [9.17, 15) is 9.59 Å². The molecular weight excluding hydrogens is 486 g/mol. The maximum absolute atomic E-state index is 14.0. The summed E-state index contributed by atoms with van der Waals surface area (Å²) in [6.45, 7) is 13.5. The van der Waals surface area contributed by atoms with E-state index in [0.29, 0.717) is 46.9 Å². The summed E-state index contributed by atoms with van der Waals surface area (Å²) >= 11 is 0. The van der Waals surface area contributed by atoms with Crippen molar-refractivity contribution < 1.29 is 9.53 Å². The number of fused-ring (bicyclic) bond motifs is 1. The molecule has 0 spiro atoms. The highest BCUT2D eigenvalue weighted by molar-refractivity contribution is 5.94. The second kappa shape index (κ2) is 11.9. The summed E-state index contributed by atoms with van der Waals surface area (Å²) in [6, 6.07) is 22.2. The van der Waals surface area contributed by atoms with Crippen LogP contribution >= 0.6 is 0 Å². The average Bonchev–Trinajstić information content (AvgIpc) is 2.93. The second-order valence-corrected chi connectivity index (χ2v) is 10.9. The summed E-state index contributed by atoms with van der Waals surface area (Å²) < 4.78 is 7.52. The van der Waals surface area contributed by atoms with Crippen LogP contribution in [0.1, 0.15) is 82.2 Å². The van der Waals surface area contributed by atoms with Gasteiger partial charge in [0.2, 0.25) is 0 Å². The summed E-state index contributed by atoms with van der Waals surface area (Å²) in [5.74, 6) is 1.02. The van der Waals surface area contributed by atoms with Crippen LogP contribution in [0.15, 0.2) is 77.6 Å². The largest absolute Gasteiger partial charge is 0.492 e. The minimum Gasteiger partial charge on any atom is -0.492 e. The van der Waals surface area contributed by atoms with Crippen LogP contribution in [0.2, 0.25) is 0 Å². The van der Waals surface area contributed by atoms with Crippen molar-refractivity contribution in [3.05, 3.63) is 100 Å². The number of hydrogen-bond donors (Lipinski definition) is 0. The van der Waals surface area contributed by atoms with Crippen molar-refractivity contribution in [2.75, 3.05) is 13.2 Å². The van der Waals surface area contributed by atoms with Crippen molar-refractivity contribution in [2.24, 2.45) is 0 Å². The van der Waals surface area contributed by atoms with Crippen molar-refractivity contribution in [1.29, 1.82) is 0 Å². The fourth-order valence-corrected chi connectivity index (χ4v) is 4.80. The Balaban J connectivity index is 1.88. The van der Waals surface area contributed by atoms with Gasteiger partial charge in [-0.25, -0.2) is 4.98 Å². The van der Waals surface area contributed by atoms with Crippen LogP contribution in [0, 0.1) is 0 Å². The zero-order chi connectivity index (χ0) is 28.2. The monoisotopic (exact) mass is 525 g/mol. The van der Waals surface area contributed by atoms with Gasteiger partial charge in [-0.2, -0.15) is 0 Å². The third-order valence-electron chi connectivity index (χ3n) is 7.06. The zero-order valence-electron chi connectivity index (χ0n) is 23.9. The van der Waals surface area contributed by atoms with Gasteiger partial charge in [-0.3, -0.25) is 14.2 Å². The SMILES string of the molecule is CCCCN(C(=O)c1ccc(C(C)(C)C)cc1)C(C)c1nc2ccccc2c(=O)n1-c1ccccc1OCC. The molecule has 6 nitrogen and oxygen atoms in total. The molecule has 3 aromatic carbocycles. The van der Waals surface area contributed by atoms with Crippen molar-refractivity contribution in [2.45, 2.75) is 65.8 Å². The highest BCUT2D eigenvalue weighted by Gasteiger charge is 2.28. The van der Waals surface area contributed by atoms with Gasteiger partial charge >= 0.3 is 0 Å². The van der Waals surface area contributed by atoms with Crippen LogP contribution in [0.5, 0.6) is 5.75 Å². The van der Waals surface area contributed by atoms with Crippen LogP contribution in [-0.2, 0) is 5.41 Å². The lowest BCUT2D eigenvalue weighted by atomic mass is 9.86. The minimum absolute atomic E-state index is 0.00417. The number of aromatic nitrogens is 2. The first-order valence-electron chi connectivity index (χ1n) is 13.8. The van der Waals surface area contributed by atoms with E-state index in [1.807, 2.05) is 85.5 Å². The first kappa shape index (κ1) is 28.1. The van der Waals surface area contributed by atoms with Crippen LogP contribution in [0.3, 0.4) is 0 Å². The van der Waals surface area contributed by atoms with E-state index in [0.717, 1.165) is 12.8 Å². The molecule has 0 fully saturated rings. The number of carbonyl (C=O) groups excluding carboxylic acids is 1. The number of nitrogens with zero attached hydrogens (tertiary/aromatic N) is 3. The number of amides is 1. The summed E-state index contributed by atoms with van der Waals surface area (Å²) in [6.07, 6.45) is 1.77. The number of rotatable bonds is 9. The van der Waals surface area contributed by atoms with E-state index in [2.05, 4.69) is 27.7 Å². The Morgan fingerprint density at radius 1 is 0.974 bits per heavy atom. The molecule has 39 heavy (non-hydrogen) atoms. The Kier molecular flexibility index (Phi) is 8.54. The van der Waals surface area contributed by atoms with Gasteiger partial charge in [0, 0.05) is 12.1 Å². The van der Waals surface area contributed by atoms with Gasteiger partial charge < -0.3 is 9.64 Å². The minimum atomic E-state index is -0.474. The summed E-state index contributed by atoms with van der Waals surface area (Å²) in [5, 5.41) is 0.518. The first-order valence-corrected chi connectivity index (χ1v) is 13.8. The Labute approximate surface area is 231 Å². The molecular formula is C33H39N3O3. The fraction of sp³-hybridized carbons (Fsp3) is 0.364. The Morgan fingerprint density at radius 2 is 1.64 bits per heavy atom. The molecule has 0 N–H and O–H groups in total. The molecule has 0 saturated heterocycles. The number of hydrogen-bond acceptors (Lipinski definition) is 4. The van der Waals surface area contributed by atoms with Gasteiger partial charge in [-0.05, 0) is 67.6 Å². The van der Waals surface area contributed by atoms with E-state index in [1.54, 1.807) is 10.6 Å². The highest BCUT2D eigenvalue weighted by atomic mass is 16.5. The van der Waals surface area contributed by atoms with Crippen LogP contribution in [-0.4, -0.2) is 33.5 Å². The number of carbonyl (C=O) groups is 1. The summed E-state index contributed by atoms with van der Waals surface area (Å²) in [4.78, 5) is 34.8. The van der Waals surface area contributed by atoms with Crippen LogP contribution < -0.4 is 10.3 Å². The van der Waals surface area contributed by atoms with Gasteiger partial charge in [0.1, 0.15) is 11.6 Å². The quantitative estimate of drug-likeness (QED) is 0.234. The zero-order valence-corrected chi connectivity index (χ0v) is 23.9. The molecule has 204 valence electrons. The molecule has 6 heteroatoms. The molecule has 0 saturated carbocycles. The lowest BCUT2D eigenvalue weighted by Crippen LogP contribution is -2.38. The number of benzene rings is 3. The van der Waals surface area contributed by atoms with Crippen LogP contribution in [0.4, 0.5) is 0 Å². The Bertz CT molecular complexity index is 1500. The smallest absolute Gasteiger partial charge is 0.266 e. The Hall–Kier alpha value is -3.93. The van der Waals surface area contributed by atoms with Crippen molar-refractivity contribution >= 4 is 16.8 Å². The van der Waals surface area contributed by atoms with E-state index in [1.165, 1.54) is 5.56 Å². The summed E-state index contributed by atoms with van der Waals surface area (Å²) in [7, 11) is 0. The fourth-order valence-electron chi connectivity index (χ4n) is 4.80. The molecule has 4 aromatic rings. The molecule has 1 aromatic heterocycles. The van der Waals surface area contributed by atoms with Gasteiger partial charge in [0.25, 0.3) is 11.5 Å². The predicted molar refractivity (Wildman–Crippen MR) is 158 cm³/mol. The van der Waals surface area contributed by atoms with Crippen molar-refractivity contribution in [3.63, 3.8) is 0 Å². The highest BCUT2D eigenvalue weighted by Crippen LogP contribution is 2.29. The third-order valence-corrected chi connectivity index (χ3v) is 7.06.